The summed E-state index contributed by atoms with van der Waals surface area (Å²) in [7, 11) is 0. The lowest BCUT2D eigenvalue weighted by molar-refractivity contribution is 0.0204. The number of nitrogens with two attached hydrogens (primary N) is 1. The summed E-state index contributed by atoms with van der Waals surface area (Å²) in [6.45, 7) is 8.67. The fourth-order valence-electron chi connectivity index (χ4n) is 2.61. The highest BCUT2D eigenvalue weighted by Gasteiger charge is 2.35. The number of ether oxygens (including phenoxy) is 1. The van der Waals surface area contributed by atoms with Crippen LogP contribution in [0.25, 0.3) is 0 Å². The molecule has 112 valence electrons. The Balaban J connectivity index is 2.51. The number of unbranched alkanes of at least 4 members (excludes halogenated alkanes) is 2. The molecule has 0 aliphatic carbocycles. The molecular formula is C15H30N2O2. The van der Waals surface area contributed by atoms with E-state index in [1.54, 1.807) is 0 Å². The van der Waals surface area contributed by atoms with Crippen molar-refractivity contribution >= 4 is 6.09 Å². The topological polar surface area (TPSA) is 55.6 Å². The molecule has 0 radical (unpaired) electrons. The number of carbonyl (C=O) groups excluding carboxylic acids is 1. The number of hydrogen-bond acceptors (Lipinski definition) is 3. The van der Waals surface area contributed by atoms with Gasteiger partial charge < -0.3 is 15.4 Å². The zero-order valence-electron chi connectivity index (χ0n) is 12.9. The van der Waals surface area contributed by atoms with E-state index in [2.05, 4.69) is 6.92 Å². The van der Waals surface area contributed by atoms with Crippen molar-refractivity contribution < 1.29 is 9.53 Å². The molecule has 2 atom stereocenters. The van der Waals surface area contributed by atoms with Gasteiger partial charge in [-0.3, -0.25) is 0 Å². The van der Waals surface area contributed by atoms with E-state index in [0.717, 1.165) is 32.2 Å². The van der Waals surface area contributed by atoms with Crippen molar-refractivity contribution in [2.45, 2.75) is 83.9 Å². The standard InChI is InChI=1S/C15H30N2O2/c1-5-6-7-9-12(16)13-10-8-11-17(13)14(18)19-15(2,3)4/h12-13H,5-11,16H2,1-4H3. The van der Waals surface area contributed by atoms with Gasteiger partial charge >= 0.3 is 6.09 Å². The van der Waals surface area contributed by atoms with E-state index < -0.39 is 5.60 Å². The van der Waals surface area contributed by atoms with E-state index >= 15 is 0 Å². The van der Waals surface area contributed by atoms with Crippen molar-refractivity contribution in [1.82, 2.24) is 4.90 Å². The van der Waals surface area contributed by atoms with Gasteiger partial charge in [0.05, 0.1) is 6.04 Å². The maximum absolute atomic E-state index is 12.2. The van der Waals surface area contributed by atoms with Crippen LogP contribution in [0.2, 0.25) is 0 Å². The van der Waals surface area contributed by atoms with E-state index in [0.29, 0.717) is 0 Å². The average Bonchev–Trinajstić information content (AvgIpc) is 2.75. The van der Waals surface area contributed by atoms with E-state index in [9.17, 15) is 4.79 Å². The van der Waals surface area contributed by atoms with Crippen LogP contribution in [0.1, 0.15) is 66.2 Å². The van der Waals surface area contributed by atoms with Gasteiger partial charge in [-0.25, -0.2) is 4.79 Å². The van der Waals surface area contributed by atoms with Crippen molar-refractivity contribution in [3.05, 3.63) is 0 Å². The number of rotatable bonds is 5. The van der Waals surface area contributed by atoms with Gasteiger partial charge in [-0.15, -0.1) is 0 Å². The molecule has 1 saturated heterocycles. The normalized spacial score (nSPS) is 21.5. The van der Waals surface area contributed by atoms with Crippen LogP contribution in [0.15, 0.2) is 0 Å². The van der Waals surface area contributed by atoms with Gasteiger partial charge in [-0.1, -0.05) is 26.2 Å². The predicted octanol–water partition coefficient (Wildman–Crippen LogP) is 3.29. The van der Waals surface area contributed by atoms with E-state index in [1.807, 2.05) is 25.7 Å². The predicted molar refractivity (Wildman–Crippen MR) is 78.1 cm³/mol. The fourth-order valence-corrected chi connectivity index (χ4v) is 2.61. The minimum atomic E-state index is -0.434. The highest BCUT2D eigenvalue weighted by atomic mass is 16.6. The monoisotopic (exact) mass is 270 g/mol. The smallest absolute Gasteiger partial charge is 0.410 e. The SMILES string of the molecule is CCCCCC(N)C1CCCN1C(=O)OC(C)(C)C. The van der Waals surface area contributed by atoms with Crippen molar-refractivity contribution in [2.75, 3.05) is 6.54 Å². The Labute approximate surface area is 117 Å². The van der Waals surface area contributed by atoms with Crippen LogP contribution in [0, 0.1) is 0 Å². The first kappa shape index (κ1) is 16.3. The molecule has 4 heteroatoms. The molecule has 1 fully saturated rings. The number of likely N-dealkylation sites (tertiary alicyclic amines) is 1. The Morgan fingerprint density at radius 3 is 2.68 bits per heavy atom. The zero-order chi connectivity index (χ0) is 14.5. The van der Waals surface area contributed by atoms with Gasteiger partial charge in [0.1, 0.15) is 5.60 Å². The summed E-state index contributed by atoms with van der Waals surface area (Å²) in [6.07, 6.45) is 6.40. The van der Waals surface area contributed by atoms with Crippen molar-refractivity contribution in [2.24, 2.45) is 5.73 Å². The van der Waals surface area contributed by atoms with E-state index in [4.69, 9.17) is 10.5 Å². The van der Waals surface area contributed by atoms with Gasteiger partial charge in [0.15, 0.2) is 0 Å². The maximum atomic E-state index is 12.2. The quantitative estimate of drug-likeness (QED) is 0.780. The van der Waals surface area contributed by atoms with Crippen molar-refractivity contribution in [3.63, 3.8) is 0 Å². The summed E-state index contributed by atoms with van der Waals surface area (Å²) in [6, 6.07) is 0.244. The fraction of sp³-hybridized carbons (Fsp3) is 0.933. The summed E-state index contributed by atoms with van der Waals surface area (Å²) in [5, 5.41) is 0. The second-order valence-electron chi connectivity index (χ2n) is 6.54. The van der Waals surface area contributed by atoms with Gasteiger partial charge in [0.25, 0.3) is 0 Å². The third-order valence-corrected chi connectivity index (χ3v) is 3.56. The van der Waals surface area contributed by atoms with E-state index in [1.165, 1.54) is 12.8 Å². The number of nitrogens with zero attached hydrogens (tertiary/aromatic N) is 1. The molecule has 0 saturated carbocycles. The minimum absolute atomic E-state index is 0.0848. The molecular weight excluding hydrogens is 240 g/mol. The molecule has 1 amide bonds. The molecule has 1 rings (SSSR count). The minimum Gasteiger partial charge on any atom is -0.444 e. The lowest BCUT2D eigenvalue weighted by Crippen LogP contribution is -2.48. The second-order valence-corrected chi connectivity index (χ2v) is 6.54. The largest absolute Gasteiger partial charge is 0.444 e. The molecule has 0 aromatic rings. The molecule has 0 bridgehead atoms. The molecule has 1 aliphatic rings. The first-order valence-electron chi connectivity index (χ1n) is 7.60. The Morgan fingerprint density at radius 1 is 1.42 bits per heavy atom. The third-order valence-electron chi connectivity index (χ3n) is 3.56. The number of hydrogen-bond donors (Lipinski definition) is 1. The van der Waals surface area contributed by atoms with Crippen LogP contribution in [-0.4, -0.2) is 35.2 Å². The maximum Gasteiger partial charge on any atom is 0.410 e. The zero-order valence-corrected chi connectivity index (χ0v) is 12.9. The highest BCUT2D eigenvalue weighted by molar-refractivity contribution is 5.69. The first-order valence-corrected chi connectivity index (χ1v) is 7.60. The Morgan fingerprint density at radius 2 is 2.11 bits per heavy atom. The van der Waals surface area contributed by atoms with Crippen LogP contribution >= 0.6 is 0 Å². The molecule has 1 aliphatic heterocycles. The van der Waals surface area contributed by atoms with Crippen molar-refractivity contribution in [3.8, 4) is 0 Å². The van der Waals surface area contributed by atoms with Gasteiger partial charge in [0.2, 0.25) is 0 Å². The van der Waals surface area contributed by atoms with Crippen LogP contribution in [0.5, 0.6) is 0 Å². The first-order chi connectivity index (χ1) is 8.85. The summed E-state index contributed by atoms with van der Waals surface area (Å²) in [5.74, 6) is 0. The number of amides is 1. The Kier molecular flexibility index (Phi) is 6.11. The van der Waals surface area contributed by atoms with Crippen LogP contribution < -0.4 is 5.73 Å². The van der Waals surface area contributed by atoms with Crippen LogP contribution in [0.4, 0.5) is 4.79 Å². The highest BCUT2D eigenvalue weighted by Crippen LogP contribution is 2.24. The third kappa shape index (κ3) is 5.39. The van der Waals surface area contributed by atoms with Crippen molar-refractivity contribution in [1.29, 1.82) is 0 Å². The molecule has 0 aromatic heterocycles. The molecule has 1 heterocycles. The molecule has 2 unspecified atom stereocenters. The van der Waals surface area contributed by atoms with Crippen LogP contribution in [0.3, 0.4) is 0 Å². The summed E-state index contributed by atoms with van der Waals surface area (Å²) in [5.41, 5.74) is 5.83. The molecule has 19 heavy (non-hydrogen) atoms. The number of carbonyl (C=O) groups is 1. The van der Waals surface area contributed by atoms with Gasteiger partial charge in [-0.05, 0) is 40.0 Å². The Hall–Kier alpha value is -0.770. The van der Waals surface area contributed by atoms with Gasteiger partial charge in [0, 0.05) is 12.6 Å². The molecule has 0 aromatic carbocycles. The van der Waals surface area contributed by atoms with Crippen LogP contribution in [-0.2, 0) is 4.74 Å². The Bertz CT molecular complexity index is 286. The molecule has 0 spiro atoms. The lowest BCUT2D eigenvalue weighted by Gasteiger charge is -2.31. The summed E-state index contributed by atoms with van der Waals surface area (Å²) < 4.78 is 5.46. The second kappa shape index (κ2) is 7.13. The lowest BCUT2D eigenvalue weighted by atomic mass is 10.0. The average molecular weight is 270 g/mol. The summed E-state index contributed by atoms with van der Waals surface area (Å²) in [4.78, 5) is 14.0. The molecule has 2 N–H and O–H groups in total. The van der Waals surface area contributed by atoms with Gasteiger partial charge in [-0.2, -0.15) is 0 Å². The molecule has 4 nitrogen and oxygen atoms in total. The summed E-state index contributed by atoms with van der Waals surface area (Å²) >= 11 is 0. The van der Waals surface area contributed by atoms with E-state index in [-0.39, 0.29) is 18.2 Å².